The number of benzene rings is 1. The van der Waals surface area contributed by atoms with Gasteiger partial charge in [-0.15, -0.1) is 0 Å². The van der Waals surface area contributed by atoms with Gasteiger partial charge in [0, 0.05) is 12.0 Å². The molecule has 2 rings (SSSR count). The number of aromatic hydroxyl groups is 1. The van der Waals surface area contributed by atoms with Crippen LogP contribution in [-0.2, 0) is 12.0 Å². The molecule has 0 saturated carbocycles. The second kappa shape index (κ2) is 7.44. The highest BCUT2D eigenvalue weighted by Crippen LogP contribution is 2.37. The van der Waals surface area contributed by atoms with Crippen molar-refractivity contribution in [1.29, 1.82) is 0 Å². The molecular weight excluding hydrogens is 310 g/mol. The van der Waals surface area contributed by atoms with E-state index in [2.05, 4.69) is 45.8 Å². The number of hydrazone groups is 1. The van der Waals surface area contributed by atoms with Crippen molar-refractivity contribution in [2.45, 2.75) is 59.4 Å². The molecule has 1 aliphatic rings. The summed E-state index contributed by atoms with van der Waals surface area (Å²) in [5.74, 6) is 6.30. The Bertz CT molecular complexity index is 694. The number of allylic oxidation sites excluding steroid dienone is 4. The quantitative estimate of drug-likeness (QED) is 0.605. The van der Waals surface area contributed by atoms with Gasteiger partial charge in [-0.1, -0.05) is 58.9 Å². The SMILES string of the molecule is CC(C)(C)CC(C)(C)c1ccc(O)c(CN(N)/N=C2/C=CC=CC2)c1. The first-order chi connectivity index (χ1) is 11.6. The molecule has 0 saturated heterocycles. The van der Waals surface area contributed by atoms with Crippen molar-refractivity contribution >= 4 is 5.71 Å². The lowest BCUT2D eigenvalue weighted by molar-refractivity contribution is 0.278. The van der Waals surface area contributed by atoms with Crippen LogP contribution in [0, 0.1) is 5.41 Å². The first-order valence-corrected chi connectivity index (χ1v) is 8.82. The van der Waals surface area contributed by atoms with Crippen LogP contribution in [0.25, 0.3) is 0 Å². The average Bonchev–Trinajstić information content (AvgIpc) is 2.48. The Labute approximate surface area is 151 Å². The summed E-state index contributed by atoms with van der Waals surface area (Å²) in [4.78, 5) is 0. The van der Waals surface area contributed by atoms with Crippen molar-refractivity contribution in [3.05, 3.63) is 53.6 Å². The Morgan fingerprint density at radius 2 is 1.88 bits per heavy atom. The van der Waals surface area contributed by atoms with Crippen LogP contribution in [0.1, 0.15) is 58.6 Å². The lowest BCUT2D eigenvalue weighted by Gasteiger charge is -2.33. The highest BCUT2D eigenvalue weighted by molar-refractivity contribution is 5.96. The van der Waals surface area contributed by atoms with Gasteiger partial charge in [0.25, 0.3) is 0 Å². The molecule has 0 radical (unpaired) electrons. The number of phenols is 1. The maximum absolute atomic E-state index is 10.2. The lowest BCUT2D eigenvalue weighted by atomic mass is 9.72. The summed E-state index contributed by atoms with van der Waals surface area (Å²) in [5, 5.41) is 16.0. The van der Waals surface area contributed by atoms with Crippen LogP contribution in [0.2, 0.25) is 0 Å². The maximum Gasteiger partial charge on any atom is 0.120 e. The van der Waals surface area contributed by atoms with Gasteiger partial charge < -0.3 is 5.11 Å². The van der Waals surface area contributed by atoms with E-state index in [1.165, 1.54) is 10.7 Å². The van der Waals surface area contributed by atoms with E-state index in [1.807, 2.05) is 30.4 Å². The summed E-state index contributed by atoms with van der Waals surface area (Å²) in [6.45, 7) is 11.6. The minimum absolute atomic E-state index is 0.0168. The molecule has 1 aliphatic carbocycles. The molecule has 0 fully saturated rings. The van der Waals surface area contributed by atoms with Crippen LogP contribution < -0.4 is 5.84 Å². The minimum atomic E-state index is 0.0168. The van der Waals surface area contributed by atoms with Crippen LogP contribution in [-0.4, -0.2) is 15.9 Å². The molecule has 0 unspecified atom stereocenters. The molecule has 0 aliphatic heterocycles. The fourth-order valence-electron chi connectivity index (χ4n) is 3.51. The highest BCUT2D eigenvalue weighted by Gasteiger charge is 2.27. The second-order valence-electron chi connectivity index (χ2n) is 8.65. The molecule has 0 amide bonds. The number of hydrazine groups is 1. The molecule has 3 N–H and O–H groups in total. The number of nitrogens with zero attached hydrogens (tertiary/aromatic N) is 2. The first-order valence-electron chi connectivity index (χ1n) is 8.82. The Hall–Kier alpha value is -2.07. The molecular formula is C21H31N3O. The van der Waals surface area contributed by atoms with E-state index in [-0.39, 0.29) is 16.6 Å². The van der Waals surface area contributed by atoms with Gasteiger partial charge in [0.15, 0.2) is 0 Å². The summed E-state index contributed by atoms with van der Waals surface area (Å²) in [5.41, 5.74) is 3.16. The Kier molecular flexibility index (Phi) is 5.73. The topological polar surface area (TPSA) is 61.8 Å². The summed E-state index contributed by atoms with van der Waals surface area (Å²) in [6.07, 6.45) is 9.75. The molecule has 0 heterocycles. The predicted octanol–water partition coefficient (Wildman–Crippen LogP) is 4.65. The van der Waals surface area contributed by atoms with Gasteiger partial charge in [0.2, 0.25) is 0 Å². The molecule has 1 aromatic rings. The molecule has 0 atom stereocenters. The number of hydrogen-bond acceptors (Lipinski definition) is 4. The number of rotatable bonds is 5. The van der Waals surface area contributed by atoms with Gasteiger partial charge >= 0.3 is 0 Å². The smallest absolute Gasteiger partial charge is 0.120 e. The third-order valence-corrected chi connectivity index (χ3v) is 4.29. The van der Waals surface area contributed by atoms with Gasteiger partial charge in [-0.2, -0.15) is 5.10 Å². The summed E-state index contributed by atoms with van der Waals surface area (Å²) < 4.78 is 0. The van der Waals surface area contributed by atoms with Gasteiger partial charge in [-0.25, -0.2) is 11.0 Å². The van der Waals surface area contributed by atoms with Crippen LogP contribution in [0.4, 0.5) is 0 Å². The minimum Gasteiger partial charge on any atom is -0.508 e. The van der Waals surface area contributed by atoms with E-state index in [4.69, 9.17) is 5.84 Å². The predicted molar refractivity (Wildman–Crippen MR) is 105 cm³/mol. The van der Waals surface area contributed by atoms with Crippen LogP contribution in [0.3, 0.4) is 0 Å². The van der Waals surface area contributed by atoms with E-state index in [0.29, 0.717) is 6.54 Å². The molecule has 4 nitrogen and oxygen atoms in total. The monoisotopic (exact) mass is 341 g/mol. The molecule has 0 aromatic heterocycles. The summed E-state index contributed by atoms with van der Waals surface area (Å²) >= 11 is 0. The Morgan fingerprint density at radius 1 is 1.16 bits per heavy atom. The van der Waals surface area contributed by atoms with Crippen molar-refractivity contribution in [2.75, 3.05) is 0 Å². The molecule has 25 heavy (non-hydrogen) atoms. The van der Waals surface area contributed by atoms with Crippen LogP contribution in [0.15, 0.2) is 47.6 Å². The van der Waals surface area contributed by atoms with Gasteiger partial charge in [0.05, 0.1) is 12.3 Å². The number of nitrogens with two attached hydrogens (primary N) is 1. The van der Waals surface area contributed by atoms with Crippen molar-refractivity contribution in [3.63, 3.8) is 0 Å². The van der Waals surface area contributed by atoms with Gasteiger partial charge in [-0.3, -0.25) is 0 Å². The number of hydrogen-bond donors (Lipinski definition) is 2. The zero-order valence-corrected chi connectivity index (χ0v) is 16.1. The second-order valence-corrected chi connectivity index (χ2v) is 8.65. The fraction of sp³-hybridized carbons (Fsp3) is 0.476. The van der Waals surface area contributed by atoms with E-state index in [9.17, 15) is 5.11 Å². The molecule has 1 aromatic carbocycles. The number of phenolic OH excluding ortho intramolecular Hbond substituents is 1. The Morgan fingerprint density at radius 3 is 2.48 bits per heavy atom. The first kappa shape index (κ1) is 19.3. The normalized spacial score (nSPS) is 16.5. The van der Waals surface area contributed by atoms with Crippen molar-refractivity contribution in [1.82, 2.24) is 5.12 Å². The molecule has 136 valence electrons. The third kappa shape index (κ3) is 5.75. The largest absolute Gasteiger partial charge is 0.508 e. The molecule has 4 heteroatoms. The van der Waals surface area contributed by atoms with Crippen LogP contribution in [0.5, 0.6) is 5.75 Å². The standard InChI is InChI=1S/C21H31N3O/c1-20(2,3)15-21(4,5)17-11-12-19(25)16(13-17)14-24(22)23-18-9-7-6-8-10-18/h6-9,11-13,25H,10,14-15,22H2,1-5H3/b23-18-. The van der Waals surface area contributed by atoms with Gasteiger partial charge in [-0.05, 0) is 41.0 Å². The fourth-order valence-corrected chi connectivity index (χ4v) is 3.51. The zero-order valence-electron chi connectivity index (χ0n) is 16.1. The lowest BCUT2D eigenvalue weighted by Crippen LogP contribution is -2.27. The van der Waals surface area contributed by atoms with E-state index in [1.54, 1.807) is 6.07 Å². The van der Waals surface area contributed by atoms with Crippen molar-refractivity contribution in [2.24, 2.45) is 16.4 Å². The molecule has 0 spiro atoms. The Balaban J connectivity index is 2.18. The van der Waals surface area contributed by atoms with E-state index >= 15 is 0 Å². The van der Waals surface area contributed by atoms with E-state index in [0.717, 1.165) is 24.1 Å². The summed E-state index contributed by atoms with van der Waals surface area (Å²) in [6, 6.07) is 5.82. The summed E-state index contributed by atoms with van der Waals surface area (Å²) in [7, 11) is 0. The third-order valence-electron chi connectivity index (χ3n) is 4.29. The highest BCUT2D eigenvalue weighted by atomic mass is 16.3. The average molecular weight is 341 g/mol. The van der Waals surface area contributed by atoms with Crippen molar-refractivity contribution in [3.8, 4) is 5.75 Å². The van der Waals surface area contributed by atoms with E-state index < -0.39 is 0 Å². The zero-order chi connectivity index (χ0) is 18.7. The van der Waals surface area contributed by atoms with Gasteiger partial charge in [0.1, 0.15) is 5.75 Å². The van der Waals surface area contributed by atoms with Crippen molar-refractivity contribution < 1.29 is 5.11 Å². The maximum atomic E-state index is 10.2. The molecule has 0 bridgehead atoms. The van der Waals surface area contributed by atoms with Crippen LogP contribution >= 0.6 is 0 Å².